The van der Waals surface area contributed by atoms with Crippen LogP contribution < -0.4 is 0 Å². The van der Waals surface area contributed by atoms with Crippen molar-refractivity contribution < 1.29 is 0 Å². The van der Waals surface area contributed by atoms with E-state index in [1.54, 1.807) is 6.20 Å². The number of pyridine rings is 1. The average Bonchev–Trinajstić information content (AvgIpc) is 2.61. The lowest BCUT2D eigenvalue weighted by Crippen LogP contribution is -1.96. The van der Waals surface area contributed by atoms with E-state index in [-0.39, 0.29) is 0 Å². The lowest BCUT2D eigenvalue weighted by atomic mass is 10.1. The molecule has 0 fully saturated rings. The van der Waals surface area contributed by atoms with Crippen LogP contribution in [0.1, 0.15) is 17.1 Å². The molecule has 0 radical (unpaired) electrons. The molecule has 2 heterocycles. The summed E-state index contributed by atoms with van der Waals surface area (Å²) in [7, 11) is 0. The molecule has 0 bridgehead atoms. The molecule has 0 saturated carbocycles. The minimum Gasteiger partial charge on any atom is -0.348 e. The van der Waals surface area contributed by atoms with Gasteiger partial charge in [-0.3, -0.25) is 4.98 Å². The van der Waals surface area contributed by atoms with E-state index in [4.69, 9.17) is 0 Å². The number of aromatic amines is 1. The van der Waals surface area contributed by atoms with Crippen molar-refractivity contribution in [1.82, 2.24) is 15.0 Å². The van der Waals surface area contributed by atoms with Crippen LogP contribution >= 0.6 is 0 Å². The molecule has 3 heteroatoms. The van der Waals surface area contributed by atoms with Crippen LogP contribution in [0.25, 0.3) is 0 Å². The van der Waals surface area contributed by atoms with E-state index in [1.807, 2.05) is 18.5 Å². The Hall–Kier alpha value is -1.64. The minimum atomic E-state index is 0.777. The van der Waals surface area contributed by atoms with E-state index in [2.05, 4.69) is 27.9 Å². The lowest BCUT2D eigenvalue weighted by Gasteiger charge is -2.00. The molecule has 0 aliphatic rings. The second kappa shape index (κ2) is 3.39. The molecule has 66 valence electrons. The van der Waals surface area contributed by atoms with Gasteiger partial charge in [-0.2, -0.15) is 0 Å². The van der Waals surface area contributed by atoms with Gasteiger partial charge >= 0.3 is 0 Å². The second-order valence-electron chi connectivity index (χ2n) is 2.98. The van der Waals surface area contributed by atoms with Crippen molar-refractivity contribution in [2.45, 2.75) is 13.3 Å². The number of hydrogen-bond donors (Lipinski definition) is 1. The molecule has 0 atom stereocenters. The maximum Gasteiger partial charge on any atom is 0.112 e. The third-order valence-corrected chi connectivity index (χ3v) is 2.01. The van der Waals surface area contributed by atoms with E-state index in [1.165, 1.54) is 5.56 Å². The molecule has 1 N–H and O–H groups in total. The molecule has 3 nitrogen and oxygen atoms in total. The third kappa shape index (κ3) is 1.75. The number of aryl methyl sites for hydroxylation is 1. The number of rotatable bonds is 2. The zero-order chi connectivity index (χ0) is 9.10. The molecule has 0 amide bonds. The van der Waals surface area contributed by atoms with Gasteiger partial charge in [-0.25, -0.2) is 4.98 Å². The summed E-state index contributed by atoms with van der Waals surface area (Å²) >= 11 is 0. The first kappa shape index (κ1) is 7.98. The van der Waals surface area contributed by atoms with Crippen molar-refractivity contribution in [1.29, 1.82) is 0 Å². The second-order valence-corrected chi connectivity index (χ2v) is 2.98. The Labute approximate surface area is 76.9 Å². The van der Waals surface area contributed by atoms with E-state index in [9.17, 15) is 0 Å². The van der Waals surface area contributed by atoms with Gasteiger partial charge in [0.2, 0.25) is 0 Å². The summed E-state index contributed by atoms with van der Waals surface area (Å²) in [5.74, 6) is 0.960. The number of nitrogens with zero attached hydrogens (tertiary/aromatic N) is 2. The molecule has 0 aromatic carbocycles. The van der Waals surface area contributed by atoms with E-state index in [0.29, 0.717) is 0 Å². The van der Waals surface area contributed by atoms with Gasteiger partial charge in [0.05, 0.1) is 5.69 Å². The Kier molecular flexibility index (Phi) is 2.08. The molecule has 0 aliphatic heterocycles. The van der Waals surface area contributed by atoms with Crippen molar-refractivity contribution in [2.75, 3.05) is 0 Å². The number of H-pyrrole nitrogens is 1. The van der Waals surface area contributed by atoms with Crippen molar-refractivity contribution >= 4 is 0 Å². The van der Waals surface area contributed by atoms with Gasteiger partial charge in [0.1, 0.15) is 5.82 Å². The van der Waals surface area contributed by atoms with Gasteiger partial charge in [0.25, 0.3) is 0 Å². The quantitative estimate of drug-likeness (QED) is 0.751. The van der Waals surface area contributed by atoms with Crippen LogP contribution in [0.4, 0.5) is 0 Å². The molecule has 0 unspecified atom stereocenters. The lowest BCUT2D eigenvalue weighted by molar-refractivity contribution is 0.961. The summed E-state index contributed by atoms with van der Waals surface area (Å²) in [6.45, 7) is 2.06. The summed E-state index contributed by atoms with van der Waals surface area (Å²) in [5, 5.41) is 0. The van der Waals surface area contributed by atoms with Gasteiger partial charge in [-0.05, 0) is 18.6 Å². The zero-order valence-electron chi connectivity index (χ0n) is 7.49. The molecule has 0 aliphatic carbocycles. The largest absolute Gasteiger partial charge is 0.348 e. The van der Waals surface area contributed by atoms with Crippen LogP contribution in [0, 0.1) is 6.92 Å². The fourth-order valence-electron chi connectivity index (χ4n) is 1.26. The number of nitrogens with one attached hydrogen (secondary N) is 1. The molecule has 0 saturated heterocycles. The number of imidazole rings is 1. The maximum absolute atomic E-state index is 4.29. The Balaban J connectivity index is 2.24. The standard InChI is InChI=1S/C10H11N3/c1-8-3-2-4-11-9(8)7-10-12-5-6-13-10/h2-6H,7H2,1H3,(H,12,13). The van der Waals surface area contributed by atoms with Gasteiger partial charge < -0.3 is 4.98 Å². The highest BCUT2D eigenvalue weighted by Crippen LogP contribution is 2.06. The van der Waals surface area contributed by atoms with E-state index < -0.39 is 0 Å². The normalized spacial score (nSPS) is 10.2. The Morgan fingerprint density at radius 2 is 2.23 bits per heavy atom. The van der Waals surface area contributed by atoms with E-state index in [0.717, 1.165) is 17.9 Å². The first-order chi connectivity index (χ1) is 6.36. The van der Waals surface area contributed by atoms with Crippen LogP contribution in [0.2, 0.25) is 0 Å². The first-order valence-corrected chi connectivity index (χ1v) is 4.25. The number of aromatic nitrogens is 3. The summed E-state index contributed by atoms with van der Waals surface area (Å²) in [5.41, 5.74) is 2.29. The molecule has 2 aromatic heterocycles. The van der Waals surface area contributed by atoms with Crippen molar-refractivity contribution in [3.05, 3.63) is 47.8 Å². The fraction of sp³-hybridized carbons (Fsp3) is 0.200. The average molecular weight is 173 g/mol. The monoisotopic (exact) mass is 173 g/mol. The van der Waals surface area contributed by atoms with Crippen LogP contribution in [0.3, 0.4) is 0 Å². The van der Waals surface area contributed by atoms with Crippen molar-refractivity contribution in [2.24, 2.45) is 0 Å². The van der Waals surface area contributed by atoms with Gasteiger partial charge in [-0.15, -0.1) is 0 Å². The van der Waals surface area contributed by atoms with Gasteiger partial charge in [-0.1, -0.05) is 6.07 Å². The minimum absolute atomic E-state index is 0.777. The van der Waals surface area contributed by atoms with Gasteiger partial charge in [0.15, 0.2) is 0 Å². The highest BCUT2D eigenvalue weighted by atomic mass is 14.9. The highest BCUT2D eigenvalue weighted by Gasteiger charge is 2.01. The third-order valence-electron chi connectivity index (χ3n) is 2.01. The summed E-state index contributed by atoms with van der Waals surface area (Å²) in [6.07, 6.45) is 6.17. The first-order valence-electron chi connectivity index (χ1n) is 4.25. The Morgan fingerprint density at radius 3 is 2.92 bits per heavy atom. The fourth-order valence-corrected chi connectivity index (χ4v) is 1.26. The Morgan fingerprint density at radius 1 is 1.31 bits per heavy atom. The maximum atomic E-state index is 4.29. The van der Waals surface area contributed by atoms with Crippen LogP contribution in [-0.2, 0) is 6.42 Å². The van der Waals surface area contributed by atoms with Crippen molar-refractivity contribution in [3.8, 4) is 0 Å². The predicted molar refractivity (Wildman–Crippen MR) is 50.4 cm³/mol. The van der Waals surface area contributed by atoms with Crippen molar-refractivity contribution in [3.63, 3.8) is 0 Å². The van der Waals surface area contributed by atoms with Crippen LogP contribution in [0.15, 0.2) is 30.7 Å². The van der Waals surface area contributed by atoms with Crippen LogP contribution in [-0.4, -0.2) is 15.0 Å². The predicted octanol–water partition coefficient (Wildman–Crippen LogP) is 1.70. The number of hydrogen-bond acceptors (Lipinski definition) is 2. The molecular weight excluding hydrogens is 162 g/mol. The smallest absolute Gasteiger partial charge is 0.112 e. The van der Waals surface area contributed by atoms with Crippen LogP contribution in [0.5, 0.6) is 0 Å². The molecule has 13 heavy (non-hydrogen) atoms. The zero-order valence-corrected chi connectivity index (χ0v) is 7.49. The Bertz CT molecular complexity index is 379. The summed E-state index contributed by atoms with van der Waals surface area (Å²) in [6, 6.07) is 4.01. The summed E-state index contributed by atoms with van der Waals surface area (Å²) in [4.78, 5) is 11.5. The van der Waals surface area contributed by atoms with E-state index >= 15 is 0 Å². The molecule has 2 aromatic rings. The van der Waals surface area contributed by atoms with Gasteiger partial charge in [0, 0.05) is 25.0 Å². The summed E-state index contributed by atoms with van der Waals surface area (Å²) < 4.78 is 0. The topological polar surface area (TPSA) is 41.6 Å². The SMILES string of the molecule is Cc1cccnc1Cc1ncc[nH]1. The molecular formula is C10H11N3. The molecule has 0 spiro atoms. The molecule has 2 rings (SSSR count). The highest BCUT2D eigenvalue weighted by molar-refractivity contribution is 5.20.